The minimum absolute atomic E-state index is 0.0496. The molecule has 128 valence electrons. The summed E-state index contributed by atoms with van der Waals surface area (Å²) >= 11 is 0. The molecule has 2 aromatic rings. The first-order valence-electron chi connectivity index (χ1n) is 8.66. The molecule has 1 aliphatic heterocycles. The van der Waals surface area contributed by atoms with Crippen molar-refractivity contribution >= 4 is 5.91 Å². The molecule has 1 saturated carbocycles. The third-order valence-electron chi connectivity index (χ3n) is 5.05. The van der Waals surface area contributed by atoms with Gasteiger partial charge in [0, 0.05) is 37.2 Å². The van der Waals surface area contributed by atoms with E-state index in [9.17, 15) is 4.79 Å². The fourth-order valence-corrected chi connectivity index (χ4v) is 3.41. The fraction of sp³-hybridized carbons (Fsp3) is 0.556. The SMILES string of the molecule is C[C@H]1CN(C(=O)c2cc(C3CC3)no2)[C@@H](C)CN1Cc1ccco1. The second-order valence-electron chi connectivity index (χ2n) is 7.05. The summed E-state index contributed by atoms with van der Waals surface area (Å²) in [5.41, 5.74) is 0.926. The molecule has 1 saturated heterocycles. The molecule has 0 bridgehead atoms. The molecule has 24 heavy (non-hydrogen) atoms. The summed E-state index contributed by atoms with van der Waals surface area (Å²) in [7, 11) is 0. The normalized spacial score (nSPS) is 25.2. The lowest BCUT2D eigenvalue weighted by atomic mass is 10.1. The summed E-state index contributed by atoms with van der Waals surface area (Å²) in [6.45, 7) is 6.49. The van der Waals surface area contributed by atoms with Gasteiger partial charge in [0.25, 0.3) is 5.91 Å². The number of carbonyl (C=O) groups is 1. The van der Waals surface area contributed by atoms with Crippen molar-refractivity contribution in [1.82, 2.24) is 15.0 Å². The minimum atomic E-state index is -0.0496. The van der Waals surface area contributed by atoms with E-state index in [2.05, 4.69) is 23.9 Å². The Labute approximate surface area is 141 Å². The van der Waals surface area contributed by atoms with Crippen LogP contribution in [-0.2, 0) is 6.54 Å². The molecular weight excluding hydrogens is 306 g/mol. The lowest BCUT2D eigenvalue weighted by Crippen LogP contribution is -2.57. The molecular formula is C18H23N3O3. The third kappa shape index (κ3) is 2.98. The van der Waals surface area contributed by atoms with Crippen LogP contribution in [0, 0.1) is 0 Å². The van der Waals surface area contributed by atoms with Crippen LogP contribution >= 0.6 is 0 Å². The van der Waals surface area contributed by atoms with Gasteiger partial charge in [0.2, 0.25) is 5.76 Å². The molecule has 0 N–H and O–H groups in total. The molecule has 0 radical (unpaired) electrons. The smallest absolute Gasteiger partial charge is 0.292 e. The van der Waals surface area contributed by atoms with Gasteiger partial charge in [0.15, 0.2) is 0 Å². The van der Waals surface area contributed by atoms with Gasteiger partial charge >= 0.3 is 0 Å². The van der Waals surface area contributed by atoms with Crippen LogP contribution in [-0.4, -0.2) is 46.0 Å². The van der Waals surface area contributed by atoms with Crippen LogP contribution in [0.15, 0.2) is 33.4 Å². The first kappa shape index (κ1) is 15.4. The van der Waals surface area contributed by atoms with E-state index in [4.69, 9.17) is 8.94 Å². The third-order valence-corrected chi connectivity index (χ3v) is 5.05. The highest BCUT2D eigenvalue weighted by atomic mass is 16.5. The maximum Gasteiger partial charge on any atom is 0.292 e. The molecule has 2 aliphatic rings. The van der Waals surface area contributed by atoms with E-state index in [0.29, 0.717) is 18.2 Å². The van der Waals surface area contributed by atoms with Crippen molar-refractivity contribution in [2.75, 3.05) is 13.1 Å². The van der Waals surface area contributed by atoms with Crippen molar-refractivity contribution in [3.8, 4) is 0 Å². The van der Waals surface area contributed by atoms with Crippen molar-refractivity contribution < 1.29 is 13.7 Å². The Balaban J connectivity index is 1.43. The average molecular weight is 329 g/mol. The van der Waals surface area contributed by atoms with E-state index in [-0.39, 0.29) is 18.0 Å². The number of rotatable bonds is 4. The van der Waals surface area contributed by atoms with E-state index >= 15 is 0 Å². The van der Waals surface area contributed by atoms with Crippen LogP contribution in [0.4, 0.5) is 0 Å². The average Bonchev–Trinajstić information content (AvgIpc) is 3.09. The number of piperazine rings is 1. The highest BCUT2D eigenvalue weighted by Gasteiger charge is 2.35. The van der Waals surface area contributed by atoms with Crippen LogP contribution in [0.2, 0.25) is 0 Å². The molecule has 6 heteroatoms. The number of hydrogen-bond donors (Lipinski definition) is 0. The Kier molecular flexibility index (Phi) is 3.92. The Morgan fingerprint density at radius 2 is 2.12 bits per heavy atom. The van der Waals surface area contributed by atoms with Crippen molar-refractivity contribution in [3.05, 3.63) is 41.7 Å². The number of hydrogen-bond acceptors (Lipinski definition) is 5. The number of nitrogens with zero attached hydrogens (tertiary/aromatic N) is 3. The maximum atomic E-state index is 12.8. The van der Waals surface area contributed by atoms with Crippen LogP contribution in [0.3, 0.4) is 0 Å². The largest absolute Gasteiger partial charge is 0.468 e. The monoisotopic (exact) mass is 329 g/mol. The Morgan fingerprint density at radius 3 is 2.83 bits per heavy atom. The van der Waals surface area contributed by atoms with Crippen LogP contribution in [0.5, 0.6) is 0 Å². The summed E-state index contributed by atoms with van der Waals surface area (Å²) in [5, 5.41) is 4.06. The zero-order valence-corrected chi connectivity index (χ0v) is 14.1. The standard InChI is InChI=1S/C18H23N3O3/c1-12-10-21(13(2)9-20(12)11-15-4-3-7-23-15)18(22)17-8-16(19-24-17)14-5-6-14/h3-4,7-8,12-14H,5-6,9-11H2,1-2H3/t12-,13-/m0/s1. The lowest BCUT2D eigenvalue weighted by molar-refractivity contribution is 0.0241. The van der Waals surface area contributed by atoms with Gasteiger partial charge in [-0.2, -0.15) is 0 Å². The van der Waals surface area contributed by atoms with Crippen molar-refractivity contribution in [2.24, 2.45) is 0 Å². The Hall–Kier alpha value is -2.08. The second kappa shape index (κ2) is 6.09. The molecule has 0 unspecified atom stereocenters. The van der Waals surface area contributed by atoms with Gasteiger partial charge in [-0.1, -0.05) is 5.16 Å². The van der Waals surface area contributed by atoms with Crippen LogP contribution < -0.4 is 0 Å². The second-order valence-corrected chi connectivity index (χ2v) is 7.05. The molecule has 0 aromatic carbocycles. The highest BCUT2D eigenvalue weighted by molar-refractivity contribution is 5.91. The van der Waals surface area contributed by atoms with E-state index in [0.717, 1.165) is 37.4 Å². The fourth-order valence-electron chi connectivity index (χ4n) is 3.41. The minimum Gasteiger partial charge on any atom is -0.468 e. The highest BCUT2D eigenvalue weighted by Crippen LogP contribution is 2.39. The summed E-state index contributed by atoms with van der Waals surface area (Å²) in [6.07, 6.45) is 4.00. The van der Waals surface area contributed by atoms with E-state index in [1.54, 1.807) is 6.26 Å². The predicted molar refractivity (Wildman–Crippen MR) is 87.6 cm³/mol. The topological polar surface area (TPSA) is 62.7 Å². The molecule has 6 nitrogen and oxygen atoms in total. The van der Waals surface area contributed by atoms with Gasteiger partial charge in [-0.15, -0.1) is 0 Å². The van der Waals surface area contributed by atoms with Gasteiger partial charge in [-0.25, -0.2) is 0 Å². The first-order valence-corrected chi connectivity index (χ1v) is 8.66. The quantitative estimate of drug-likeness (QED) is 0.863. The maximum absolute atomic E-state index is 12.8. The van der Waals surface area contributed by atoms with Crippen LogP contribution in [0.1, 0.15) is 54.6 Å². The van der Waals surface area contributed by atoms with Gasteiger partial charge in [-0.05, 0) is 38.8 Å². The molecule has 2 fully saturated rings. The molecule has 2 atom stereocenters. The molecule has 1 amide bonds. The summed E-state index contributed by atoms with van der Waals surface area (Å²) < 4.78 is 10.8. The van der Waals surface area contributed by atoms with E-state index in [1.807, 2.05) is 23.1 Å². The number of furan rings is 1. The van der Waals surface area contributed by atoms with Gasteiger partial charge in [-0.3, -0.25) is 9.69 Å². The molecule has 1 aliphatic carbocycles. The summed E-state index contributed by atoms with van der Waals surface area (Å²) in [6, 6.07) is 6.11. The zero-order chi connectivity index (χ0) is 16.7. The predicted octanol–water partition coefficient (Wildman–Crippen LogP) is 2.88. The van der Waals surface area contributed by atoms with Crippen molar-refractivity contribution in [2.45, 2.75) is 51.2 Å². The summed E-state index contributed by atoms with van der Waals surface area (Å²) in [5.74, 6) is 1.77. The summed E-state index contributed by atoms with van der Waals surface area (Å²) in [4.78, 5) is 17.0. The van der Waals surface area contributed by atoms with Crippen LogP contribution in [0.25, 0.3) is 0 Å². The number of amides is 1. The Morgan fingerprint density at radius 1 is 1.29 bits per heavy atom. The van der Waals surface area contributed by atoms with Crippen molar-refractivity contribution in [1.29, 1.82) is 0 Å². The number of carbonyl (C=O) groups excluding carboxylic acids is 1. The molecule has 0 spiro atoms. The first-order chi connectivity index (χ1) is 11.6. The van der Waals surface area contributed by atoms with Gasteiger partial charge in [0.1, 0.15) is 5.76 Å². The number of aromatic nitrogens is 1. The van der Waals surface area contributed by atoms with Gasteiger partial charge < -0.3 is 13.8 Å². The van der Waals surface area contributed by atoms with E-state index < -0.39 is 0 Å². The zero-order valence-electron chi connectivity index (χ0n) is 14.1. The molecule has 4 rings (SSSR count). The Bertz CT molecular complexity index is 705. The van der Waals surface area contributed by atoms with E-state index in [1.165, 1.54) is 0 Å². The molecule has 3 heterocycles. The van der Waals surface area contributed by atoms with Crippen molar-refractivity contribution in [3.63, 3.8) is 0 Å². The van der Waals surface area contributed by atoms with Gasteiger partial charge in [0.05, 0.1) is 18.5 Å². The lowest BCUT2D eigenvalue weighted by Gasteiger charge is -2.43. The molecule has 2 aromatic heterocycles.